The van der Waals surface area contributed by atoms with Crippen LogP contribution in [-0.4, -0.2) is 37.2 Å². The third kappa shape index (κ3) is 64.6. The number of ether oxygens (including phenoxy) is 3. The maximum atomic E-state index is 12.9. The fourth-order valence-corrected chi connectivity index (χ4v) is 9.21. The van der Waals surface area contributed by atoms with Crippen LogP contribution in [0.1, 0.15) is 310 Å². The zero-order valence-corrected chi connectivity index (χ0v) is 52.3. The van der Waals surface area contributed by atoms with Crippen LogP contribution in [0.5, 0.6) is 0 Å². The molecular formula is C74H124O6. The Morgan fingerprint density at radius 2 is 0.500 bits per heavy atom. The molecule has 0 aliphatic rings. The lowest BCUT2D eigenvalue weighted by molar-refractivity contribution is -0.167. The van der Waals surface area contributed by atoms with Gasteiger partial charge in [0.05, 0.1) is 0 Å². The Morgan fingerprint density at radius 1 is 0.263 bits per heavy atom. The first kappa shape index (κ1) is 75.8. The number of carbonyl (C=O) groups excluding carboxylic acids is 3. The SMILES string of the molecule is CC/C=C\C/C=C\C/C=C\C/C=C\C/C=C\C/C=C\C/C=C\CCCC(=O)OCC(COC(=O)CCCCCCCCCCCCCCCCCCCC)OC(=O)CCCCCCCC/C=C\C/C=C\C/C=C\CCCCCCC. The molecule has 1 atom stereocenters. The first-order valence-electron chi connectivity index (χ1n) is 33.5. The van der Waals surface area contributed by atoms with Gasteiger partial charge in [-0.3, -0.25) is 14.4 Å². The molecule has 0 saturated heterocycles. The second-order valence-corrected chi connectivity index (χ2v) is 22.0. The smallest absolute Gasteiger partial charge is 0.306 e. The average molecular weight is 1110 g/mol. The van der Waals surface area contributed by atoms with E-state index in [1.165, 1.54) is 148 Å². The van der Waals surface area contributed by atoms with E-state index in [0.717, 1.165) is 116 Å². The van der Waals surface area contributed by atoms with E-state index in [1.807, 2.05) is 0 Å². The van der Waals surface area contributed by atoms with Crippen LogP contribution in [0.25, 0.3) is 0 Å². The van der Waals surface area contributed by atoms with Gasteiger partial charge in [-0.1, -0.05) is 303 Å². The Hall–Kier alpha value is -4.19. The van der Waals surface area contributed by atoms with Crippen LogP contribution in [0.3, 0.4) is 0 Å². The molecule has 0 amide bonds. The van der Waals surface area contributed by atoms with E-state index >= 15 is 0 Å². The van der Waals surface area contributed by atoms with Crippen LogP contribution in [-0.2, 0) is 28.6 Å². The minimum Gasteiger partial charge on any atom is -0.462 e. The van der Waals surface area contributed by atoms with Crippen LogP contribution in [0.15, 0.2) is 122 Å². The molecule has 0 heterocycles. The fourth-order valence-electron chi connectivity index (χ4n) is 9.21. The number of allylic oxidation sites excluding steroid dienone is 20. The molecule has 6 nitrogen and oxygen atoms in total. The molecule has 6 heteroatoms. The number of esters is 3. The van der Waals surface area contributed by atoms with Gasteiger partial charge in [-0.05, 0) is 109 Å². The topological polar surface area (TPSA) is 78.9 Å². The lowest BCUT2D eigenvalue weighted by Gasteiger charge is -2.18. The summed E-state index contributed by atoms with van der Waals surface area (Å²) in [5, 5.41) is 0. The molecule has 0 N–H and O–H groups in total. The molecule has 0 fully saturated rings. The van der Waals surface area contributed by atoms with E-state index in [-0.39, 0.29) is 37.5 Å². The molecule has 456 valence electrons. The van der Waals surface area contributed by atoms with Gasteiger partial charge >= 0.3 is 17.9 Å². The summed E-state index contributed by atoms with van der Waals surface area (Å²) in [4.78, 5) is 38.4. The third-order valence-electron chi connectivity index (χ3n) is 14.2. The molecule has 0 aromatic rings. The summed E-state index contributed by atoms with van der Waals surface area (Å²) in [7, 11) is 0. The van der Waals surface area contributed by atoms with E-state index in [4.69, 9.17) is 14.2 Å². The van der Waals surface area contributed by atoms with Gasteiger partial charge in [-0.25, -0.2) is 0 Å². The van der Waals surface area contributed by atoms with Gasteiger partial charge in [0, 0.05) is 19.3 Å². The summed E-state index contributed by atoms with van der Waals surface area (Å²) in [5.74, 6) is -0.967. The largest absolute Gasteiger partial charge is 0.462 e. The molecule has 0 aromatic carbocycles. The minimum atomic E-state index is -0.813. The van der Waals surface area contributed by atoms with Gasteiger partial charge in [0.2, 0.25) is 0 Å². The van der Waals surface area contributed by atoms with Gasteiger partial charge < -0.3 is 14.2 Å². The number of hydrogen-bond acceptors (Lipinski definition) is 6. The molecule has 0 aliphatic carbocycles. The van der Waals surface area contributed by atoms with Gasteiger partial charge in [0.25, 0.3) is 0 Å². The van der Waals surface area contributed by atoms with Crippen molar-refractivity contribution < 1.29 is 28.6 Å². The first-order valence-corrected chi connectivity index (χ1v) is 33.5. The monoisotopic (exact) mass is 1110 g/mol. The van der Waals surface area contributed by atoms with Crippen LogP contribution in [0.4, 0.5) is 0 Å². The van der Waals surface area contributed by atoms with Gasteiger partial charge in [0.15, 0.2) is 6.10 Å². The quantitative estimate of drug-likeness (QED) is 0.0261. The summed E-state index contributed by atoms with van der Waals surface area (Å²) < 4.78 is 16.9. The molecule has 0 spiro atoms. The Morgan fingerprint density at radius 3 is 0.812 bits per heavy atom. The second kappa shape index (κ2) is 67.3. The summed E-state index contributed by atoms with van der Waals surface area (Å²) >= 11 is 0. The Bertz CT molecular complexity index is 1650. The van der Waals surface area contributed by atoms with Gasteiger partial charge in [-0.15, -0.1) is 0 Å². The number of hydrogen-bond donors (Lipinski definition) is 0. The summed E-state index contributed by atoms with van der Waals surface area (Å²) in [6.45, 7) is 6.49. The van der Waals surface area contributed by atoms with Crippen molar-refractivity contribution in [2.75, 3.05) is 13.2 Å². The molecule has 0 bridgehead atoms. The maximum absolute atomic E-state index is 12.9. The normalized spacial score (nSPS) is 12.9. The Balaban J connectivity index is 4.51. The van der Waals surface area contributed by atoms with E-state index in [2.05, 4.69) is 142 Å². The highest BCUT2D eigenvalue weighted by molar-refractivity contribution is 5.71. The number of carbonyl (C=O) groups is 3. The highest BCUT2D eigenvalue weighted by atomic mass is 16.6. The van der Waals surface area contributed by atoms with E-state index in [1.54, 1.807) is 0 Å². The van der Waals surface area contributed by atoms with Crippen LogP contribution in [0, 0.1) is 0 Å². The summed E-state index contributed by atoms with van der Waals surface area (Å²) in [6.07, 6.45) is 93.5. The van der Waals surface area contributed by atoms with Crippen molar-refractivity contribution in [2.24, 2.45) is 0 Å². The highest BCUT2D eigenvalue weighted by Crippen LogP contribution is 2.16. The van der Waals surface area contributed by atoms with Crippen molar-refractivity contribution in [3.63, 3.8) is 0 Å². The van der Waals surface area contributed by atoms with Crippen molar-refractivity contribution in [1.29, 1.82) is 0 Å². The van der Waals surface area contributed by atoms with Crippen LogP contribution < -0.4 is 0 Å². The van der Waals surface area contributed by atoms with Gasteiger partial charge in [-0.2, -0.15) is 0 Å². The third-order valence-corrected chi connectivity index (χ3v) is 14.2. The molecule has 80 heavy (non-hydrogen) atoms. The lowest BCUT2D eigenvalue weighted by atomic mass is 10.0. The van der Waals surface area contributed by atoms with Crippen molar-refractivity contribution in [3.8, 4) is 0 Å². The van der Waals surface area contributed by atoms with E-state index in [9.17, 15) is 14.4 Å². The Kier molecular flexibility index (Phi) is 63.8. The first-order chi connectivity index (χ1) is 39.5. The molecule has 0 saturated carbocycles. The average Bonchev–Trinajstić information content (AvgIpc) is 3.46. The van der Waals surface area contributed by atoms with E-state index < -0.39 is 6.10 Å². The number of unbranched alkanes of at least 4 members (excludes halogenated alkanes) is 29. The van der Waals surface area contributed by atoms with Crippen molar-refractivity contribution in [2.45, 2.75) is 316 Å². The van der Waals surface area contributed by atoms with E-state index in [0.29, 0.717) is 19.3 Å². The summed E-state index contributed by atoms with van der Waals surface area (Å²) in [6, 6.07) is 0. The molecule has 0 rings (SSSR count). The fraction of sp³-hybridized carbons (Fsp3) is 0.689. The molecule has 0 radical (unpaired) electrons. The Labute approximate surface area is 494 Å². The maximum Gasteiger partial charge on any atom is 0.306 e. The predicted molar refractivity (Wildman–Crippen MR) is 348 cm³/mol. The standard InChI is InChI=1S/C74H124O6/c1-4-7-10-13-16-19-22-25-28-31-34-36-37-39-40-43-46-49-52-55-58-61-64-67-73(76)79-70-71(69-78-72(75)66-63-60-57-54-51-48-45-42-33-30-27-24-21-18-15-12-9-6-3)80-74(77)68-65-62-59-56-53-50-47-44-41-38-35-32-29-26-23-20-17-14-11-8-5-2/h7,10,16,19,23,25-26,28,32,34-36,39-41,44,46,49,55,58,71H,4-6,8-9,11-15,17-18,20-22,24,27,29-31,33,37-38,42-43,45,47-48,50-54,56-57,59-70H2,1-3H3/b10-7-,19-16-,26-23-,28-25-,35-32-,36-34-,40-39-,44-41-,49-46-,58-55-. The van der Waals surface area contributed by atoms with Crippen molar-refractivity contribution >= 4 is 17.9 Å². The lowest BCUT2D eigenvalue weighted by Crippen LogP contribution is -2.30. The molecular weight excluding hydrogens is 985 g/mol. The van der Waals surface area contributed by atoms with Crippen LogP contribution in [0.2, 0.25) is 0 Å². The molecule has 0 aromatic heterocycles. The minimum absolute atomic E-state index is 0.102. The number of rotatable bonds is 60. The second-order valence-electron chi connectivity index (χ2n) is 22.0. The molecule has 1 unspecified atom stereocenters. The van der Waals surface area contributed by atoms with Crippen molar-refractivity contribution in [1.82, 2.24) is 0 Å². The van der Waals surface area contributed by atoms with Crippen molar-refractivity contribution in [3.05, 3.63) is 122 Å². The zero-order chi connectivity index (χ0) is 57.8. The summed E-state index contributed by atoms with van der Waals surface area (Å²) in [5.41, 5.74) is 0. The van der Waals surface area contributed by atoms with Gasteiger partial charge in [0.1, 0.15) is 13.2 Å². The predicted octanol–water partition coefficient (Wildman–Crippen LogP) is 23.2. The van der Waals surface area contributed by atoms with Crippen LogP contribution >= 0.6 is 0 Å². The molecule has 0 aliphatic heterocycles. The zero-order valence-electron chi connectivity index (χ0n) is 52.3. The highest BCUT2D eigenvalue weighted by Gasteiger charge is 2.19.